The summed E-state index contributed by atoms with van der Waals surface area (Å²) in [6.45, 7) is 2.00. The second-order valence-corrected chi connectivity index (χ2v) is 11.2. The first-order valence-corrected chi connectivity index (χ1v) is 10.6. The van der Waals surface area contributed by atoms with Gasteiger partial charge < -0.3 is 0 Å². The molecule has 1 aromatic heterocycles. The van der Waals surface area contributed by atoms with E-state index < -0.39 is 19.9 Å². The first-order valence-electron chi connectivity index (χ1n) is 5.66. The molecule has 5 nitrogen and oxygen atoms in total. The maximum Gasteiger partial charge on any atom is 0.250 e. The number of sulfonamides is 1. The molecule has 108 valence electrons. The fourth-order valence-electron chi connectivity index (χ4n) is 1.90. The lowest BCUT2D eigenvalue weighted by Gasteiger charge is -2.08. The minimum absolute atomic E-state index is 0.0721. The molecule has 0 spiro atoms. The summed E-state index contributed by atoms with van der Waals surface area (Å²) < 4.78 is 50.2. The van der Waals surface area contributed by atoms with Gasteiger partial charge in [-0.1, -0.05) is 0 Å². The predicted molar refractivity (Wildman–Crippen MR) is 78.7 cm³/mol. The zero-order valence-electron chi connectivity index (χ0n) is 10.2. The van der Waals surface area contributed by atoms with Crippen molar-refractivity contribution in [2.24, 2.45) is 5.92 Å². The van der Waals surface area contributed by atoms with Gasteiger partial charge in [-0.3, -0.25) is 0 Å². The molecular formula is C10H14BrNO4S3. The highest BCUT2D eigenvalue weighted by molar-refractivity contribution is 9.11. The van der Waals surface area contributed by atoms with Gasteiger partial charge in [0.15, 0.2) is 9.84 Å². The summed E-state index contributed by atoms with van der Waals surface area (Å²) in [4.78, 5) is 0. The molecule has 0 saturated carbocycles. The van der Waals surface area contributed by atoms with E-state index in [0.29, 0.717) is 6.42 Å². The lowest BCUT2D eigenvalue weighted by Crippen LogP contribution is -2.29. The Morgan fingerprint density at radius 1 is 1.53 bits per heavy atom. The number of nitrogens with one attached hydrogen (secondary N) is 1. The zero-order chi connectivity index (χ0) is 14.3. The summed E-state index contributed by atoms with van der Waals surface area (Å²) in [5, 5.41) is 0. The summed E-state index contributed by atoms with van der Waals surface area (Å²) in [6.07, 6.45) is 0.526. The highest BCUT2D eigenvalue weighted by atomic mass is 79.9. The third kappa shape index (κ3) is 3.78. The van der Waals surface area contributed by atoms with Crippen molar-refractivity contribution in [1.82, 2.24) is 4.72 Å². The summed E-state index contributed by atoms with van der Waals surface area (Å²) in [5.74, 6) is 0.107. The molecule has 1 unspecified atom stereocenters. The number of thiophene rings is 1. The Morgan fingerprint density at radius 3 is 2.68 bits per heavy atom. The van der Waals surface area contributed by atoms with Crippen LogP contribution in [0.5, 0.6) is 0 Å². The van der Waals surface area contributed by atoms with Gasteiger partial charge >= 0.3 is 0 Å². The van der Waals surface area contributed by atoms with E-state index in [4.69, 9.17) is 0 Å². The van der Waals surface area contributed by atoms with Gasteiger partial charge in [-0.25, -0.2) is 21.6 Å². The highest BCUT2D eigenvalue weighted by Gasteiger charge is 2.29. The Balaban J connectivity index is 2.03. The van der Waals surface area contributed by atoms with Crippen LogP contribution in [0.1, 0.15) is 12.0 Å². The lowest BCUT2D eigenvalue weighted by atomic mass is 10.1. The quantitative estimate of drug-likeness (QED) is 0.849. The zero-order valence-corrected chi connectivity index (χ0v) is 14.3. The molecule has 1 aliphatic rings. The second-order valence-electron chi connectivity index (χ2n) is 4.64. The highest BCUT2D eigenvalue weighted by Crippen LogP contribution is 2.30. The third-order valence-electron chi connectivity index (χ3n) is 2.99. The van der Waals surface area contributed by atoms with Gasteiger partial charge in [0.2, 0.25) is 10.0 Å². The monoisotopic (exact) mass is 387 g/mol. The van der Waals surface area contributed by atoms with E-state index in [0.717, 1.165) is 20.7 Å². The molecular weight excluding hydrogens is 374 g/mol. The average molecular weight is 388 g/mol. The minimum Gasteiger partial charge on any atom is -0.229 e. The van der Waals surface area contributed by atoms with Gasteiger partial charge in [0.05, 0.1) is 15.3 Å². The van der Waals surface area contributed by atoms with Crippen LogP contribution in [0.4, 0.5) is 0 Å². The molecule has 0 aliphatic carbocycles. The van der Waals surface area contributed by atoms with Crippen molar-refractivity contribution in [2.45, 2.75) is 17.6 Å². The van der Waals surface area contributed by atoms with Crippen LogP contribution in [0.3, 0.4) is 0 Å². The second kappa shape index (κ2) is 5.44. The molecule has 0 bridgehead atoms. The van der Waals surface area contributed by atoms with Gasteiger partial charge in [-0.15, -0.1) is 11.3 Å². The van der Waals surface area contributed by atoms with E-state index in [9.17, 15) is 16.8 Å². The van der Waals surface area contributed by atoms with Crippen molar-refractivity contribution in [3.8, 4) is 0 Å². The van der Waals surface area contributed by atoms with Crippen LogP contribution in [0.2, 0.25) is 0 Å². The molecule has 1 N–H and O–H groups in total. The van der Waals surface area contributed by atoms with E-state index >= 15 is 0 Å². The SMILES string of the molecule is Cc1cc(S(=O)(=O)NCC2CCS(=O)(=O)C2)sc1Br. The first-order chi connectivity index (χ1) is 8.70. The molecule has 2 heterocycles. The van der Waals surface area contributed by atoms with Crippen LogP contribution < -0.4 is 4.72 Å². The van der Waals surface area contributed by atoms with Crippen molar-refractivity contribution in [1.29, 1.82) is 0 Å². The van der Waals surface area contributed by atoms with Gasteiger partial charge in [-0.05, 0) is 46.8 Å². The fourth-order valence-corrected chi connectivity index (χ4v) is 7.14. The summed E-state index contributed by atoms with van der Waals surface area (Å²) in [7, 11) is -6.51. The topological polar surface area (TPSA) is 80.3 Å². The molecule has 0 amide bonds. The molecule has 1 fully saturated rings. The molecule has 0 aromatic carbocycles. The Morgan fingerprint density at radius 2 is 2.21 bits per heavy atom. The van der Waals surface area contributed by atoms with Crippen molar-refractivity contribution < 1.29 is 16.8 Å². The molecule has 9 heteroatoms. The van der Waals surface area contributed by atoms with Gasteiger partial charge in [0, 0.05) is 6.54 Å². The van der Waals surface area contributed by atoms with Crippen LogP contribution in [0, 0.1) is 12.8 Å². The maximum absolute atomic E-state index is 12.0. The lowest BCUT2D eigenvalue weighted by molar-refractivity contribution is 0.544. The Hall–Kier alpha value is 0.0400. The number of halogens is 1. The standard InChI is InChI=1S/C10H14BrNO4S3/c1-7-4-9(17-10(7)11)19(15,16)12-5-8-2-3-18(13,14)6-8/h4,8,12H,2-3,5-6H2,1H3. The van der Waals surface area contributed by atoms with Crippen molar-refractivity contribution in [2.75, 3.05) is 18.1 Å². The van der Waals surface area contributed by atoms with Crippen LogP contribution >= 0.6 is 27.3 Å². The smallest absolute Gasteiger partial charge is 0.229 e. The summed E-state index contributed by atoms with van der Waals surface area (Å²) in [6, 6.07) is 1.60. The Bertz CT molecular complexity index is 658. The molecule has 1 atom stereocenters. The average Bonchev–Trinajstić information content (AvgIpc) is 2.81. The number of rotatable bonds is 4. The molecule has 1 saturated heterocycles. The number of aryl methyl sites for hydroxylation is 1. The van der Waals surface area contributed by atoms with Crippen molar-refractivity contribution >= 4 is 47.1 Å². The predicted octanol–water partition coefficient (Wildman–Crippen LogP) is 1.53. The molecule has 1 aliphatic heterocycles. The summed E-state index contributed by atoms with van der Waals surface area (Å²) >= 11 is 4.44. The number of hydrogen-bond acceptors (Lipinski definition) is 5. The van der Waals surface area contributed by atoms with Crippen molar-refractivity contribution in [3.63, 3.8) is 0 Å². The molecule has 19 heavy (non-hydrogen) atoms. The van der Waals surface area contributed by atoms with E-state index in [-0.39, 0.29) is 28.2 Å². The minimum atomic E-state index is -3.54. The molecule has 0 radical (unpaired) electrons. The van der Waals surface area contributed by atoms with Crippen LogP contribution in [-0.4, -0.2) is 34.9 Å². The van der Waals surface area contributed by atoms with E-state index in [2.05, 4.69) is 20.7 Å². The largest absolute Gasteiger partial charge is 0.250 e. The first kappa shape index (κ1) is 15.4. The molecule has 1 aromatic rings. The molecule has 2 rings (SSSR count). The number of sulfone groups is 1. The van der Waals surface area contributed by atoms with E-state index in [1.54, 1.807) is 6.07 Å². The van der Waals surface area contributed by atoms with E-state index in [1.807, 2.05) is 6.92 Å². The van der Waals surface area contributed by atoms with Crippen LogP contribution in [0.25, 0.3) is 0 Å². The van der Waals surface area contributed by atoms with E-state index in [1.165, 1.54) is 0 Å². The summed E-state index contributed by atoms with van der Waals surface area (Å²) in [5.41, 5.74) is 0.869. The van der Waals surface area contributed by atoms with Gasteiger partial charge in [0.25, 0.3) is 0 Å². The Labute approximate surface area is 125 Å². The van der Waals surface area contributed by atoms with Gasteiger partial charge in [0.1, 0.15) is 4.21 Å². The Kier molecular flexibility index (Phi) is 4.41. The third-order valence-corrected chi connectivity index (χ3v) is 8.86. The van der Waals surface area contributed by atoms with Gasteiger partial charge in [-0.2, -0.15) is 0 Å². The van der Waals surface area contributed by atoms with Crippen LogP contribution in [0.15, 0.2) is 14.1 Å². The fraction of sp³-hybridized carbons (Fsp3) is 0.600. The maximum atomic E-state index is 12.0. The van der Waals surface area contributed by atoms with Crippen molar-refractivity contribution in [3.05, 3.63) is 15.4 Å². The van der Waals surface area contributed by atoms with Crippen LogP contribution in [-0.2, 0) is 19.9 Å². The normalized spacial score (nSPS) is 22.7. The number of hydrogen-bond donors (Lipinski definition) is 1.